The number of nitrogens with one attached hydrogen (secondary N) is 1. The summed E-state index contributed by atoms with van der Waals surface area (Å²) in [7, 11) is 0. The van der Waals surface area contributed by atoms with Gasteiger partial charge in [0.15, 0.2) is 0 Å². The van der Waals surface area contributed by atoms with Crippen molar-refractivity contribution in [3.8, 4) is 0 Å². The van der Waals surface area contributed by atoms with Gasteiger partial charge in [0.05, 0.1) is 10.8 Å². The minimum Gasteiger partial charge on any atom is -0.325 e. The SMILES string of the molecule is O=C1Nc2ccccc2C12CC2Cl. The van der Waals surface area contributed by atoms with Crippen LogP contribution in [-0.2, 0) is 10.2 Å². The van der Waals surface area contributed by atoms with E-state index in [0.717, 1.165) is 17.7 Å². The molecular weight excluding hydrogens is 186 g/mol. The highest BCUT2D eigenvalue weighted by Gasteiger charge is 2.64. The molecular formula is C10H8ClNO. The van der Waals surface area contributed by atoms with Crippen LogP contribution in [0.3, 0.4) is 0 Å². The van der Waals surface area contributed by atoms with Gasteiger partial charge in [-0.3, -0.25) is 4.79 Å². The van der Waals surface area contributed by atoms with Crippen LogP contribution in [0.25, 0.3) is 0 Å². The molecule has 1 heterocycles. The number of carbonyl (C=O) groups is 1. The number of amides is 1. The molecule has 0 radical (unpaired) electrons. The monoisotopic (exact) mass is 193 g/mol. The first kappa shape index (κ1) is 7.39. The Labute approximate surface area is 80.9 Å². The van der Waals surface area contributed by atoms with Gasteiger partial charge in [-0.05, 0) is 18.1 Å². The Morgan fingerprint density at radius 2 is 2.15 bits per heavy atom. The van der Waals surface area contributed by atoms with Gasteiger partial charge in [-0.15, -0.1) is 11.6 Å². The number of benzene rings is 1. The van der Waals surface area contributed by atoms with Gasteiger partial charge in [-0.2, -0.15) is 0 Å². The van der Waals surface area contributed by atoms with E-state index in [4.69, 9.17) is 11.6 Å². The first-order valence-corrected chi connectivity index (χ1v) is 4.74. The largest absolute Gasteiger partial charge is 0.325 e. The minimum absolute atomic E-state index is 0.0175. The van der Waals surface area contributed by atoms with Crippen molar-refractivity contribution in [1.29, 1.82) is 0 Å². The molecule has 1 aromatic rings. The standard InChI is InChI=1S/C10H8ClNO/c11-8-5-10(8)6-3-1-2-4-7(6)12-9(10)13/h1-4,8H,5H2,(H,12,13). The molecule has 0 bridgehead atoms. The summed E-state index contributed by atoms with van der Waals surface area (Å²) in [6.45, 7) is 0. The second kappa shape index (κ2) is 2.07. The third-order valence-corrected chi connectivity index (χ3v) is 3.46. The number of carbonyl (C=O) groups excluding carboxylic acids is 1. The molecule has 2 nitrogen and oxygen atoms in total. The molecule has 2 aliphatic rings. The average Bonchev–Trinajstić information content (AvgIpc) is 2.71. The van der Waals surface area contributed by atoms with Gasteiger partial charge in [-0.1, -0.05) is 18.2 Å². The van der Waals surface area contributed by atoms with Crippen LogP contribution in [0.15, 0.2) is 24.3 Å². The van der Waals surface area contributed by atoms with E-state index in [1.54, 1.807) is 0 Å². The summed E-state index contributed by atoms with van der Waals surface area (Å²) < 4.78 is 0. The highest BCUT2D eigenvalue weighted by Crippen LogP contribution is 2.57. The Morgan fingerprint density at radius 3 is 2.85 bits per heavy atom. The number of fused-ring (bicyclic) bond motifs is 2. The molecule has 0 saturated heterocycles. The van der Waals surface area contributed by atoms with E-state index in [9.17, 15) is 4.79 Å². The zero-order valence-corrected chi connectivity index (χ0v) is 7.64. The molecule has 3 heteroatoms. The summed E-state index contributed by atoms with van der Waals surface area (Å²) >= 11 is 6.01. The fraction of sp³-hybridized carbons (Fsp3) is 0.300. The summed E-state index contributed by atoms with van der Waals surface area (Å²) in [6.07, 6.45) is 0.775. The molecule has 1 fully saturated rings. The van der Waals surface area contributed by atoms with Crippen LogP contribution in [0.5, 0.6) is 0 Å². The quantitative estimate of drug-likeness (QED) is 0.627. The van der Waals surface area contributed by atoms with Gasteiger partial charge in [0.25, 0.3) is 0 Å². The third-order valence-electron chi connectivity index (χ3n) is 2.94. The first-order valence-electron chi connectivity index (χ1n) is 4.30. The summed E-state index contributed by atoms with van der Waals surface area (Å²) in [5.74, 6) is 0.0636. The molecule has 2 atom stereocenters. The molecule has 0 aromatic heterocycles. The van der Waals surface area contributed by atoms with Gasteiger partial charge < -0.3 is 5.32 Å². The lowest BCUT2D eigenvalue weighted by molar-refractivity contribution is -0.117. The molecule has 3 rings (SSSR count). The molecule has 66 valence electrons. The lowest BCUT2D eigenvalue weighted by atomic mass is 9.98. The maximum Gasteiger partial charge on any atom is 0.236 e. The number of alkyl halides is 1. The minimum atomic E-state index is -0.391. The van der Waals surface area contributed by atoms with Crippen LogP contribution in [0, 0.1) is 0 Å². The van der Waals surface area contributed by atoms with Crippen molar-refractivity contribution in [2.24, 2.45) is 0 Å². The molecule has 1 spiro atoms. The van der Waals surface area contributed by atoms with Crippen LogP contribution in [0.1, 0.15) is 12.0 Å². The van der Waals surface area contributed by atoms with Gasteiger partial charge in [0.2, 0.25) is 5.91 Å². The molecule has 2 unspecified atom stereocenters. The predicted molar refractivity (Wildman–Crippen MR) is 51.0 cm³/mol. The molecule has 1 saturated carbocycles. The first-order chi connectivity index (χ1) is 6.25. The van der Waals surface area contributed by atoms with Crippen molar-refractivity contribution >= 4 is 23.2 Å². The van der Waals surface area contributed by atoms with E-state index >= 15 is 0 Å². The van der Waals surface area contributed by atoms with Crippen LogP contribution >= 0.6 is 11.6 Å². The lowest BCUT2D eigenvalue weighted by Gasteiger charge is -2.03. The van der Waals surface area contributed by atoms with Gasteiger partial charge in [0.1, 0.15) is 0 Å². The fourth-order valence-electron chi connectivity index (χ4n) is 2.07. The van der Waals surface area contributed by atoms with Crippen molar-refractivity contribution in [1.82, 2.24) is 0 Å². The number of anilines is 1. The number of hydrogen-bond acceptors (Lipinski definition) is 1. The molecule has 1 aromatic carbocycles. The highest BCUT2D eigenvalue weighted by molar-refractivity contribution is 6.29. The van der Waals surface area contributed by atoms with E-state index in [1.165, 1.54) is 0 Å². The zero-order valence-electron chi connectivity index (χ0n) is 6.88. The highest BCUT2D eigenvalue weighted by atomic mass is 35.5. The van der Waals surface area contributed by atoms with Crippen molar-refractivity contribution < 1.29 is 4.79 Å². The molecule has 1 aliphatic carbocycles. The predicted octanol–water partition coefficient (Wildman–Crippen LogP) is 1.89. The number of rotatable bonds is 0. The molecule has 1 amide bonds. The summed E-state index contributed by atoms with van der Waals surface area (Å²) in [5.41, 5.74) is 1.61. The van der Waals surface area contributed by atoms with Gasteiger partial charge >= 0.3 is 0 Å². The fourth-order valence-corrected chi connectivity index (χ4v) is 2.53. The Hall–Kier alpha value is -1.02. The van der Waals surface area contributed by atoms with E-state index in [-0.39, 0.29) is 11.3 Å². The van der Waals surface area contributed by atoms with Crippen molar-refractivity contribution in [3.63, 3.8) is 0 Å². The number of halogens is 1. The normalized spacial score (nSPS) is 34.5. The smallest absolute Gasteiger partial charge is 0.236 e. The number of para-hydroxylation sites is 1. The summed E-state index contributed by atoms with van der Waals surface area (Å²) in [5, 5.41) is 2.84. The average molecular weight is 194 g/mol. The van der Waals surface area contributed by atoms with Crippen LogP contribution in [0.4, 0.5) is 5.69 Å². The summed E-state index contributed by atoms with van der Waals surface area (Å²) in [6, 6.07) is 7.77. The molecule has 1 N–H and O–H groups in total. The van der Waals surface area contributed by atoms with E-state index in [1.807, 2.05) is 24.3 Å². The summed E-state index contributed by atoms with van der Waals surface area (Å²) in [4.78, 5) is 11.6. The van der Waals surface area contributed by atoms with Gasteiger partial charge in [-0.25, -0.2) is 0 Å². The van der Waals surface area contributed by atoms with Gasteiger partial charge in [0, 0.05) is 5.69 Å². The Kier molecular flexibility index (Phi) is 1.18. The molecule has 1 aliphatic heterocycles. The van der Waals surface area contributed by atoms with Crippen molar-refractivity contribution in [2.75, 3.05) is 5.32 Å². The maximum absolute atomic E-state index is 11.6. The van der Waals surface area contributed by atoms with Crippen LogP contribution < -0.4 is 5.32 Å². The Balaban J connectivity index is 2.22. The van der Waals surface area contributed by atoms with E-state index in [2.05, 4.69) is 5.32 Å². The lowest BCUT2D eigenvalue weighted by Crippen LogP contribution is -2.21. The topological polar surface area (TPSA) is 29.1 Å². The van der Waals surface area contributed by atoms with E-state index in [0.29, 0.717) is 0 Å². The zero-order chi connectivity index (χ0) is 9.05. The molecule has 13 heavy (non-hydrogen) atoms. The third kappa shape index (κ3) is 0.724. The number of hydrogen-bond donors (Lipinski definition) is 1. The van der Waals surface area contributed by atoms with Crippen molar-refractivity contribution in [2.45, 2.75) is 17.2 Å². The Bertz CT molecular complexity index is 404. The Morgan fingerprint density at radius 1 is 1.46 bits per heavy atom. The van der Waals surface area contributed by atoms with Crippen LogP contribution in [0.2, 0.25) is 0 Å². The maximum atomic E-state index is 11.6. The van der Waals surface area contributed by atoms with Crippen LogP contribution in [-0.4, -0.2) is 11.3 Å². The van der Waals surface area contributed by atoms with E-state index < -0.39 is 5.41 Å². The second-order valence-electron chi connectivity index (χ2n) is 3.64. The second-order valence-corrected chi connectivity index (χ2v) is 4.17. The van der Waals surface area contributed by atoms with Crippen molar-refractivity contribution in [3.05, 3.63) is 29.8 Å².